The van der Waals surface area contributed by atoms with E-state index in [1.807, 2.05) is 29.6 Å². The molecule has 0 fully saturated rings. The summed E-state index contributed by atoms with van der Waals surface area (Å²) in [5.74, 6) is 3.66. The van der Waals surface area contributed by atoms with Crippen molar-refractivity contribution in [1.29, 1.82) is 0 Å². The average molecular weight is 363 g/mol. The van der Waals surface area contributed by atoms with Crippen molar-refractivity contribution in [3.63, 3.8) is 0 Å². The third-order valence-corrected chi connectivity index (χ3v) is 5.02. The van der Waals surface area contributed by atoms with E-state index in [-0.39, 0.29) is 5.91 Å². The van der Waals surface area contributed by atoms with Crippen molar-refractivity contribution in [2.24, 2.45) is 0 Å². The van der Waals surface area contributed by atoms with E-state index in [0.29, 0.717) is 31.1 Å². The number of aryl methyl sites for hydroxylation is 1. The van der Waals surface area contributed by atoms with Crippen LogP contribution in [0.5, 0.6) is 0 Å². The molecule has 3 aromatic rings. The minimum Gasteiger partial charge on any atom is -0.468 e. The Labute approximate surface area is 147 Å². The molecule has 24 heavy (non-hydrogen) atoms. The lowest BCUT2D eigenvalue weighted by Crippen LogP contribution is -2.25. The molecular weight excluding hydrogens is 346 g/mol. The summed E-state index contributed by atoms with van der Waals surface area (Å²) in [6, 6.07) is 7.69. The first kappa shape index (κ1) is 16.8. The van der Waals surface area contributed by atoms with Crippen LogP contribution in [-0.2, 0) is 17.0 Å². The van der Waals surface area contributed by atoms with E-state index in [0.717, 1.165) is 22.1 Å². The molecule has 3 rings (SSSR count). The van der Waals surface area contributed by atoms with Crippen molar-refractivity contribution < 1.29 is 13.7 Å². The number of thioether (sulfide) groups is 1. The van der Waals surface area contributed by atoms with E-state index in [4.69, 9.17) is 8.94 Å². The number of carbonyl (C=O) groups is 1. The molecule has 3 heterocycles. The van der Waals surface area contributed by atoms with Gasteiger partial charge in [0, 0.05) is 25.1 Å². The Morgan fingerprint density at radius 2 is 2.29 bits per heavy atom. The molecule has 0 aliphatic heterocycles. The van der Waals surface area contributed by atoms with Gasteiger partial charge in [0.1, 0.15) is 5.76 Å². The van der Waals surface area contributed by atoms with Crippen molar-refractivity contribution in [2.45, 2.75) is 18.6 Å². The molecule has 3 aromatic heterocycles. The number of hydrogen-bond donors (Lipinski definition) is 1. The summed E-state index contributed by atoms with van der Waals surface area (Å²) in [7, 11) is 0. The first-order valence-corrected chi connectivity index (χ1v) is 9.58. The molecule has 8 heteroatoms. The second kappa shape index (κ2) is 8.70. The van der Waals surface area contributed by atoms with Gasteiger partial charge in [-0.15, -0.1) is 11.3 Å². The van der Waals surface area contributed by atoms with E-state index in [1.165, 1.54) is 0 Å². The molecule has 0 spiro atoms. The Balaban J connectivity index is 1.31. The van der Waals surface area contributed by atoms with Gasteiger partial charge in [-0.2, -0.15) is 16.7 Å². The van der Waals surface area contributed by atoms with Crippen LogP contribution in [0.4, 0.5) is 0 Å². The molecule has 1 N–H and O–H groups in total. The summed E-state index contributed by atoms with van der Waals surface area (Å²) in [6.45, 7) is 0.633. The van der Waals surface area contributed by atoms with Crippen LogP contribution in [-0.4, -0.2) is 28.3 Å². The summed E-state index contributed by atoms with van der Waals surface area (Å²) < 4.78 is 10.4. The largest absolute Gasteiger partial charge is 0.468 e. The number of thiophene rings is 1. The zero-order chi connectivity index (χ0) is 16.6. The molecule has 0 saturated carbocycles. The molecule has 1 amide bonds. The zero-order valence-corrected chi connectivity index (χ0v) is 14.6. The van der Waals surface area contributed by atoms with E-state index >= 15 is 0 Å². The fraction of sp³-hybridized carbons (Fsp3) is 0.312. The van der Waals surface area contributed by atoms with Gasteiger partial charge in [-0.05, 0) is 23.6 Å². The normalized spacial score (nSPS) is 10.8. The highest BCUT2D eigenvalue weighted by Gasteiger charge is 2.11. The molecule has 0 radical (unpaired) electrons. The number of carbonyl (C=O) groups excluding carboxylic acids is 1. The van der Waals surface area contributed by atoms with Crippen molar-refractivity contribution in [2.75, 3.05) is 12.3 Å². The Morgan fingerprint density at radius 3 is 3.08 bits per heavy atom. The molecule has 0 unspecified atom stereocenters. The third kappa shape index (κ3) is 4.97. The summed E-state index contributed by atoms with van der Waals surface area (Å²) >= 11 is 3.28. The number of nitrogens with zero attached hydrogens (tertiary/aromatic N) is 2. The van der Waals surface area contributed by atoms with Crippen LogP contribution in [0.15, 0.2) is 44.8 Å². The van der Waals surface area contributed by atoms with E-state index in [1.54, 1.807) is 29.4 Å². The fourth-order valence-corrected chi connectivity index (χ4v) is 3.41. The average Bonchev–Trinajstić information content (AvgIpc) is 3.33. The fourth-order valence-electron chi connectivity index (χ4n) is 2.00. The van der Waals surface area contributed by atoms with Gasteiger partial charge in [-0.3, -0.25) is 4.79 Å². The number of rotatable bonds is 9. The molecule has 0 aliphatic rings. The highest BCUT2D eigenvalue weighted by atomic mass is 32.2. The summed E-state index contributed by atoms with van der Waals surface area (Å²) in [4.78, 5) is 17.1. The summed E-state index contributed by atoms with van der Waals surface area (Å²) in [5, 5.41) is 8.78. The number of hydrogen-bond acceptors (Lipinski definition) is 7. The first-order valence-electron chi connectivity index (χ1n) is 7.54. The van der Waals surface area contributed by atoms with Crippen LogP contribution in [0.1, 0.15) is 18.1 Å². The Hall–Kier alpha value is -2.06. The monoisotopic (exact) mass is 363 g/mol. The van der Waals surface area contributed by atoms with Gasteiger partial charge >= 0.3 is 0 Å². The molecule has 126 valence electrons. The standard InChI is InChI=1S/C16H17N3O3S2/c20-14(17-7-10-23-11-12-3-1-8-21-12)5-6-15-18-16(19-22-15)13-4-2-9-24-13/h1-4,8-9H,5-7,10-11H2,(H,17,20). The highest BCUT2D eigenvalue weighted by molar-refractivity contribution is 7.98. The molecule has 6 nitrogen and oxygen atoms in total. The third-order valence-electron chi connectivity index (χ3n) is 3.17. The lowest BCUT2D eigenvalue weighted by Gasteiger charge is -2.03. The van der Waals surface area contributed by atoms with Gasteiger partial charge in [0.15, 0.2) is 0 Å². The quantitative estimate of drug-likeness (QED) is 0.587. The lowest BCUT2D eigenvalue weighted by molar-refractivity contribution is -0.121. The predicted molar refractivity (Wildman–Crippen MR) is 93.8 cm³/mol. The van der Waals surface area contributed by atoms with Crippen molar-refractivity contribution in [3.8, 4) is 10.7 Å². The molecule has 0 bridgehead atoms. The van der Waals surface area contributed by atoms with E-state index < -0.39 is 0 Å². The van der Waals surface area contributed by atoms with Crippen LogP contribution in [0.25, 0.3) is 10.7 Å². The molecular formula is C16H17N3O3S2. The van der Waals surface area contributed by atoms with Crippen LogP contribution in [0.3, 0.4) is 0 Å². The number of nitrogens with one attached hydrogen (secondary N) is 1. The predicted octanol–water partition coefficient (Wildman–Crippen LogP) is 3.37. The second-order valence-corrected chi connectivity index (χ2v) is 7.02. The molecule has 0 aromatic carbocycles. The van der Waals surface area contributed by atoms with Crippen molar-refractivity contribution in [3.05, 3.63) is 47.6 Å². The summed E-state index contributed by atoms with van der Waals surface area (Å²) in [5.41, 5.74) is 0. The van der Waals surface area contributed by atoms with Gasteiger partial charge in [0.05, 0.1) is 16.9 Å². The van der Waals surface area contributed by atoms with Gasteiger partial charge in [0.25, 0.3) is 0 Å². The molecule has 0 aliphatic carbocycles. The van der Waals surface area contributed by atoms with Crippen LogP contribution >= 0.6 is 23.1 Å². The lowest BCUT2D eigenvalue weighted by atomic mass is 10.3. The number of aromatic nitrogens is 2. The van der Waals surface area contributed by atoms with Gasteiger partial charge in [-0.1, -0.05) is 11.2 Å². The van der Waals surface area contributed by atoms with Crippen LogP contribution < -0.4 is 5.32 Å². The maximum absolute atomic E-state index is 11.8. The van der Waals surface area contributed by atoms with E-state index in [9.17, 15) is 4.79 Å². The van der Waals surface area contributed by atoms with Crippen LogP contribution in [0, 0.1) is 0 Å². The Kier molecular flexibility index (Phi) is 6.08. The summed E-state index contributed by atoms with van der Waals surface area (Å²) in [6.07, 6.45) is 2.46. The highest BCUT2D eigenvalue weighted by Crippen LogP contribution is 2.21. The maximum Gasteiger partial charge on any atom is 0.227 e. The number of furan rings is 1. The minimum atomic E-state index is -0.00975. The minimum absolute atomic E-state index is 0.00975. The van der Waals surface area contributed by atoms with Gasteiger partial charge in [0.2, 0.25) is 17.6 Å². The van der Waals surface area contributed by atoms with Crippen LogP contribution in [0.2, 0.25) is 0 Å². The molecule has 0 atom stereocenters. The van der Waals surface area contributed by atoms with Gasteiger partial charge < -0.3 is 14.3 Å². The van der Waals surface area contributed by atoms with Gasteiger partial charge in [-0.25, -0.2) is 0 Å². The maximum atomic E-state index is 11.8. The topological polar surface area (TPSA) is 81.2 Å². The SMILES string of the molecule is O=C(CCc1nc(-c2cccs2)no1)NCCSCc1ccco1. The first-order chi connectivity index (χ1) is 11.8. The number of amides is 1. The van der Waals surface area contributed by atoms with Crippen molar-refractivity contribution in [1.82, 2.24) is 15.5 Å². The Morgan fingerprint density at radius 1 is 1.33 bits per heavy atom. The molecule has 0 saturated heterocycles. The van der Waals surface area contributed by atoms with E-state index in [2.05, 4.69) is 15.5 Å². The zero-order valence-electron chi connectivity index (χ0n) is 12.9. The second-order valence-electron chi connectivity index (χ2n) is 4.97. The Bertz CT molecular complexity index is 739. The smallest absolute Gasteiger partial charge is 0.227 e. The van der Waals surface area contributed by atoms with Crippen molar-refractivity contribution >= 4 is 29.0 Å².